The molecule has 1 aromatic heterocycles. The van der Waals surface area contributed by atoms with Crippen LogP contribution in [0.3, 0.4) is 0 Å². The number of nitrogens with zero attached hydrogens (tertiary/aromatic N) is 1. The lowest BCUT2D eigenvalue weighted by molar-refractivity contribution is -0.120. The van der Waals surface area contributed by atoms with Crippen LogP contribution < -0.4 is 10.6 Å². The number of hydrogen-bond acceptors (Lipinski definition) is 3. The number of aromatic amines is 1. The van der Waals surface area contributed by atoms with E-state index in [-0.39, 0.29) is 42.4 Å². The Bertz CT molecular complexity index is 1770. The highest BCUT2D eigenvalue weighted by Gasteiger charge is 2.35. The summed E-state index contributed by atoms with van der Waals surface area (Å²) in [5.41, 5.74) is 2.73. The monoisotopic (exact) mass is 652 g/mol. The summed E-state index contributed by atoms with van der Waals surface area (Å²) in [7, 11) is 0. The van der Waals surface area contributed by atoms with E-state index in [0.29, 0.717) is 12.1 Å². The number of aromatic nitrogens is 1. The zero-order valence-electron chi connectivity index (χ0n) is 26.7. The molecule has 1 aliphatic heterocycles. The molecule has 0 unspecified atom stereocenters. The van der Waals surface area contributed by atoms with Crippen molar-refractivity contribution in [3.05, 3.63) is 143 Å². The van der Waals surface area contributed by atoms with Crippen molar-refractivity contribution < 1.29 is 22.8 Å². The summed E-state index contributed by atoms with van der Waals surface area (Å²) in [6, 6.07) is 28.7. The third-order valence-electron chi connectivity index (χ3n) is 9.58. The van der Waals surface area contributed by atoms with Crippen molar-refractivity contribution in [1.29, 1.82) is 0 Å². The zero-order chi connectivity index (χ0) is 33.5. The molecule has 6 rings (SSSR count). The lowest BCUT2D eigenvalue weighted by atomic mass is 9.71. The normalized spacial score (nSPS) is 14.2. The zero-order valence-corrected chi connectivity index (χ0v) is 26.7. The van der Waals surface area contributed by atoms with Crippen LogP contribution in [0.25, 0.3) is 10.9 Å². The number of piperidine rings is 1. The van der Waals surface area contributed by atoms with Crippen LogP contribution in [0.1, 0.15) is 58.8 Å². The van der Waals surface area contributed by atoms with E-state index >= 15 is 0 Å². The second kappa shape index (κ2) is 14.9. The molecule has 6 nitrogen and oxygen atoms in total. The number of fused-ring (bicyclic) bond motifs is 1. The fourth-order valence-corrected chi connectivity index (χ4v) is 6.93. The van der Waals surface area contributed by atoms with Gasteiger partial charge in [-0.15, -0.1) is 0 Å². The summed E-state index contributed by atoms with van der Waals surface area (Å²) in [5.74, 6) is -1.52. The largest absolute Gasteiger partial charge is 0.353 e. The minimum absolute atomic E-state index is 0.153. The summed E-state index contributed by atoms with van der Waals surface area (Å²) in [6.07, 6.45) is 3.05. The van der Waals surface area contributed by atoms with Gasteiger partial charge in [0.05, 0.1) is 6.54 Å². The number of H-pyrrole nitrogens is 1. The van der Waals surface area contributed by atoms with Crippen LogP contribution >= 0.6 is 0 Å². The number of carbonyl (C=O) groups is 2. The molecule has 4 aromatic carbocycles. The van der Waals surface area contributed by atoms with Gasteiger partial charge in [0.2, 0.25) is 5.91 Å². The van der Waals surface area contributed by atoms with Gasteiger partial charge in [-0.05, 0) is 110 Å². The summed E-state index contributed by atoms with van der Waals surface area (Å²) in [4.78, 5) is 31.4. The molecule has 5 aromatic rings. The smallest absolute Gasteiger partial charge is 0.268 e. The van der Waals surface area contributed by atoms with Crippen LogP contribution in [0.15, 0.2) is 103 Å². The highest BCUT2D eigenvalue weighted by atomic mass is 19.1. The summed E-state index contributed by atoms with van der Waals surface area (Å²) in [6.45, 7) is 2.37. The topological polar surface area (TPSA) is 77.2 Å². The molecule has 48 heavy (non-hydrogen) atoms. The molecule has 0 atom stereocenters. The molecule has 2 amide bonds. The van der Waals surface area contributed by atoms with E-state index < -0.39 is 11.3 Å². The number of nitrogens with one attached hydrogen (secondary N) is 3. The van der Waals surface area contributed by atoms with E-state index in [0.717, 1.165) is 66.5 Å². The van der Waals surface area contributed by atoms with Gasteiger partial charge in [-0.1, -0.05) is 60.7 Å². The predicted molar refractivity (Wildman–Crippen MR) is 181 cm³/mol. The Balaban J connectivity index is 1.15. The van der Waals surface area contributed by atoms with E-state index in [9.17, 15) is 22.8 Å². The Morgan fingerprint density at radius 1 is 0.792 bits per heavy atom. The minimum Gasteiger partial charge on any atom is -0.353 e. The van der Waals surface area contributed by atoms with Gasteiger partial charge in [0.1, 0.15) is 23.1 Å². The van der Waals surface area contributed by atoms with Crippen LogP contribution in [-0.4, -0.2) is 54.4 Å². The fraction of sp³-hybridized carbons (Fsp3) is 0.282. The second-order valence-corrected chi connectivity index (χ2v) is 12.6. The van der Waals surface area contributed by atoms with E-state index in [4.69, 9.17) is 0 Å². The predicted octanol–water partition coefficient (Wildman–Crippen LogP) is 7.08. The standard InChI is InChI=1S/C39H39F3N4O2/c40-31-14-10-29(11-15-31)39(30-12-16-32(41)17-13-30,20-5-21-46-22-18-27(19-23-46)33-7-2-3-8-34(33)42)26-44-37(47)25-43-38(48)36-24-28-6-1-4-9-35(28)45-36/h1-4,6-17,24,27,45H,5,18-23,25-26H2,(H,43,48)(H,44,47). The molecule has 0 aliphatic carbocycles. The van der Waals surface area contributed by atoms with Crippen LogP contribution in [-0.2, 0) is 10.2 Å². The summed E-state index contributed by atoms with van der Waals surface area (Å²) in [5, 5.41) is 6.58. The molecule has 1 aliphatic rings. The van der Waals surface area contributed by atoms with Crippen LogP contribution in [0, 0.1) is 17.5 Å². The molecular formula is C39H39F3N4O2. The Morgan fingerprint density at radius 3 is 2.06 bits per heavy atom. The van der Waals surface area contributed by atoms with E-state index in [1.807, 2.05) is 36.4 Å². The molecule has 1 saturated heterocycles. The molecule has 0 spiro atoms. The third-order valence-corrected chi connectivity index (χ3v) is 9.58. The van der Waals surface area contributed by atoms with Crippen molar-refractivity contribution in [2.24, 2.45) is 0 Å². The van der Waals surface area contributed by atoms with Crippen molar-refractivity contribution in [1.82, 2.24) is 20.5 Å². The maximum absolute atomic E-state index is 14.4. The molecule has 2 heterocycles. The van der Waals surface area contributed by atoms with Gasteiger partial charge in [0.25, 0.3) is 5.91 Å². The number of rotatable bonds is 12. The van der Waals surface area contributed by atoms with Gasteiger partial charge in [0.15, 0.2) is 0 Å². The quantitative estimate of drug-likeness (QED) is 0.135. The highest BCUT2D eigenvalue weighted by molar-refractivity contribution is 5.99. The lowest BCUT2D eigenvalue weighted by Gasteiger charge is -2.37. The SMILES string of the molecule is O=C(CNC(=O)c1cc2ccccc2[nH]1)NCC(CCCN1CCC(c2ccccc2F)CC1)(c1ccc(F)cc1)c1ccc(F)cc1. The highest BCUT2D eigenvalue weighted by Crippen LogP contribution is 2.38. The van der Waals surface area contributed by atoms with Crippen molar-refractivity contribution in [2.45, 2.75) is 37.0 Å². The number of amides is 2. The number of para-hydroxylation sites is 1. The van der Waals surface area contributed by atoms with Crippen molar-refractivity contribution in [3.63, 3.8) is 0 Å². The first-order valence-corrected chi connectivity index (χ1v) is 16.4. The van der Waals surface area contributed by atoms with Crippen LogP contribution in [0.5, 0.6) is 0 Å². The lowest BCUT2D eigenvalue weighted by Crippen LogP contribution is -2.45. The van der Waals surface area contributed by atoms with Gasteiger partial charge in [-0.25, -0.2) is 13.2 Å². The molecule has 0 bridgehead atoms. The van der Waals surface area contributed by atoms with Gasteiger partial charge in [-0.2, -0.15) is 0 Å². The van der Waals surface area contributed by atoms with Gasteiger partial charge in [0, 0.05) is 22.9 Å². The van der Waals surface area contributed by atoms with Crippen molar-refractivity contribution >= 4 is 22.7 Å². The average Bonchev–Trinajstić information content (AvgIpc) is 3.55. The van der Waals surface area contributed by atoms with E-state index in [2.05, 4.69) is 20.5 Å². The molecular weight excluding hydrogens is 613 g/mol. The number of benzene rings is 4. The Hall–Kier alpha value is -4.89. The number of likely N-dealkylation sites (tertiary alicyclic amines) is 1. The van der Waals surface area contributed by atoms with Crippen LogP contribution in [0.4, 0.5) is 13.2 Å². The maximum Gasteiger partial charge on any atom is 0.268 e. The van der Waals surface area contributed by atoms with Gasteiger partial charge in [-0.3, -0.25) is 9.59 Å². The van der Waals surface area contributed by atoms with Crippen LogP contribution in [0.2, 0.25) is 0 Å². The first-order valence-electron chi connectivity index (χ1n) is 16.4. The first-order chi connectivity index (χ1) is 23.3. The molecule has 0 radical (unpaired) electrons. The average molecular weight is 653 g/mol. The molecule has 1 fully saturated rings. The van der Waals surface area contributed by atoms with Gasteiger partial charge < -0.3 is 20.5 Å². The minimum atomic E-state index is -0.802. The Labute approximate surface area is 278 Å². The van der Waals surface area contributed by atoms with Gasteiger partial charge >= 0.3 is 0 Å². The number of hydrogen-bond donors (Lipinski definition) is 3. The number of halogens is 3. The maximum atomic E-state index is 14.4. The molecule has 0 saturated carbocycles. The molecule has 3 N–H and O–H groups in total. The molecule has 248 valence electrons. The third kappa shape index (κ3) is 7.63. The Kier molecular flexibility index (Phi) is 10.3. The van der Waals surface area contributed by atoms with E-state index in [1.54, 1.807) is 36.4 Å². The second-order valence-electron chi connectivity index (χ2n) is 12.6. The summed E-state index contributed by atoms with van der Waals surface area (Å²) < 4.78 is 42.6. The first kappa shape index (κ1) is 33.0. The molecule has 9 heteroatoms. The Morgan fingerprint density at radius 2 is 1.42 bits per heavy atom. The van der Waals surface area contributed by atoms with E-state index in [1.165, 1.54) is 30.3 Å². The number of carbonyl (C=O) groups excluding carboxylic acids is 2. The van der Waals surface area contributed by atoms with Crippen molar-refractivity contribution in [3.8, 4) is 0 Å². The fourth-order valence-electron chi connectivity index (χ4n) is 6.93. The summed E-state index contributed by atoms with van der Waals surface area (Å²) >= 11 is 0. The van der Waals surface area contributed by atoms with Crippen molar-refractivity contribution in [2.75, 3.05) is 32.7 Å².